The first-order valence-electron chi connectivity index (χ1n) is 19.9. The Labute approximate surface area is 310 Å². The van der Waals surface area contributed by atoms with Crippen LogP contribution in [0.5, 0.6) is 0 Å². The van der Waals surface area contributed by atoms with Crippen LogP contribution in [0.4, 0.5) is 17.2 Å². The fourth-order valence-electron chi connectivity index (χ4n) is 10.3. The maximum Gasteiger partial charge on any atom is 0.256 e. The molecule has 0 amide bonds. The molecule has 0 radical (unpaired) electrons. The Kier molecular flexibility index (Phi) is 6.18. The largest absolute Gasteiger partial charge is 0.460 e. The molecule has 5 heteroatoms. The van der Waals surface area contributed by atoms with Gasteiger partial charge in [-0.15, -0.1) is 0 Å². The summed E-state index contributed by atoms with van der Waals surface area (Å²) in [5, 5.41) is 1.24. The molecular weight excluding hydrogens is 633 g/mol. The third-order valence-electron chi connectivity index (χ3n) is 13.9. The lowest BCUT2D eigenvalue weighted by atomic mass is 9.31. The number of para-hydroxylation sites is 1. The van der Waals surface area contributed by atoms with E-state index in [9.17, 15) is 0 Å². The highest BCUT2D eigenvalue weighted by molar-refractivity contribution is 7.00. The maximum atomic E-state index is 7.18. The molecule has 0 bridgehead atoms. The SMILES string of the molecule is CC(C)(C)c1cc(N2c3cc4c(cc3B3c5c2ncnc5C(C)(C)c2oc5c(C(C)(C)C)cccc5c23)C2(CC2)CCC42CC2)cc(C(C)(C)C)c1. The molecule has 3 aromatic carbocycles. The second kappa shape index (κ2) is 9.81. The van der Waals surface area contributed by atoms with Crippen molar-refractivity contribution >= 4 is 51.3 Å². The lowest BCUT2D eigenvalue weighted by Gasteiger charge is -2.44. The number of furan rings is 1. The molecule has 10 rings (SSSR count). The molecule has 0 atom stereocenters. The van der Waals surface area contributed by atoms with Gasteiger partial charge in [-0.25, -0.2) is 9.97 Å². The molecule has 2 spiro atoms. The van der Waals surface area contributed by atoms with Crippen LogP contribution in [0, 0.1) is 0 Å². The number of nitrogens with zero attached hydrogens (tertiary/aromatic N) is 3. The second-order valence-electron chi connectivity index (χ2n) is 20.9. The molecule has 266 valence electrons. The molecule has 3 aliphatic carbocycles. The molecule has 5 aromatic rings. The van der Waals surface area contributed by atoms with E-state index in [0.29, 0.717) is 10.8 Å². The van der Waals surface area contributed by atoms with Crippen molar-refractivity contribution in [3.8, 4) is 0 Å². The van der Waals surface area contributed by atoms with Crippen molar-refractivity contribution in [1.82, 2.24) is 9.97 Å². The zero-order valence-electron chi connectivity index (χ0n) is 33.3. The fourth-order valence-corrected chi connectivity index (χ4v) is 10.3. The summed E-state index contributed by atoms with van der Waals surface area (Å²) in [6, 6.07) is 19.5. The minimum absolute atomic E-state index is 0.00803. The van der Waals surface area contributed by atoms with Crippen molar-refractivity contribution in [3.63, 3.8) is 0 Å². The van der Waals surface area contributed by atoms with Crippen LogP contribution in [0.2, 0.25) is 0 Å². The lowest BCUT2D eigenvalue weighted by Crippen LogP contribution is -2.64. The summed E-state index contributed by atoms with van der Waals surface area (Å²) in [7, 11) is 0. The van der Waals surface area contributed by atoms with Gasteiger partial charge in [0.05, 0.1) is 11.1 Å². The number of aromatic nitrogens is 2. The number of hydrogen-bond acceptors (Lipinski definition) is 4. The van der Waals surface area contributed by atoms with Crippen molar-refractivity contribution < 1.29 is 4.42 Å². The Hall–Kier alpha value is -3.86. The van der Waals surface area contributed by atoms with Gasteiger partial charge in [0, 0.05) is 22.3 Å². The number of benzene rings is 3. The Morgan fingerprint density at radius 1 is 0.692 bits per heavy atom. The van der Waals surface area contributed by atoms with Crippen LogP contribution in [-0.4, -0.2) is 16.7 Å². The zero-order chi connectivity index (χ0) is 36.5. The zero-order valence-corrected chi connectivity index (χ0v) is 33.3. The van der Waals surface area contributed by atoms with Gasteiger partial charge >= 0.3 is 0 Å². The standard InChI is InChI=1S/C47H54BN3O/c1-42(2,3)27-21-28(43(4,5)6)23-29(22-27)51-35-25-33-32(46(15-16-46)17-18-47(33)19-20-47)24-34(35)48-36-30-13-12-14-31(44(7,8)9)38(30)52-40(36)45(10,11)39-37(48)41(51)50-26-49-39/h12-14,21-26H,15-20H2,1-11H3. The highest BCUT2D eigenvalue weighted by atomic mass is 16.3. The van der Waals surface area contributed by atoms with E-state index in [1.54, 1.807) is 11.1 Å². The van der Waals surface area contributed by atoms with E-state index in [1.165, 1.54) is 88.4 Å². The summed E-state index contributed by atoms with van der Waals surface area (Å²) >= 11 is 0. The smallest absolute Gasteiger partial charge is 0.256 e. The van der Waals surface area contributed by atoms with E-state index >= 15 is 0 Å². The average Bonchev–Trinajstić information content (AvgIpc) is 3.99. The van der Waals surface area contributed by atoms with Crippen molar-refractivity contribution in [3.05, 3.63) is 94.1 Å². The molecule has 2 aromatic heterocycles. The van der Waals surface area contributed by atoms with Crippen LogP contribution in [-0.2, 0) is 32.5 Å². The molecule has 0 unspecified atom stereocenters. The first-order valence-corrected chi connectivity index (χ1v) is 19.9. The van der Waals surface area contributed by atoms with Crippen molar-refractivity contribution in [2.24, 2.45) is 0 Å². The van der Waals surface area contributed by atoms with E-state index in [0.717, 1.165) is 22.9 Å². The Morgan fingerprint density at radius 2 is 1.29 bits per heavy atom. The molecule has 5 aliphatic rings. The summed E-state index contributed by atoms with van der Waals surface area (Å²) in [4.78, 5) is 13.0. The quantitative estimate of drug-likeness (QED) is 0.162. The summed E-state index contributed by atoms with van der Waals surface area (Å²) in [6.07, 6.45) is 9.75. The van der Waals surface area contributed by atoms with Gasteiger partial charge in [-0.3, -0.25) is 4.90 Å². The summed E-state index contributed by atoms with van der Waals surface area (Å²) in [5.41, 5.74) is 16.0. The van der Waals surface area contributed by atoms with E-state index in [1.807, 2.05) is 6.33 Å². The Bertz CT molecular complexity index is 2330. The van der Waals surface area contributed by atoms with Crippen LogP contribution < -0.4 is 21.3 Å². The van der Waals surface area contributed by atoms with Crippen molar-refractivity contribution in [1.29, 1.82) is 0 Å². The summed E-state index contributed by atoms with van der Waals surface area (Å²) < 4.78 is 7.18. The Balaban J connectivity index is 1.34. The predicted octanol–water partition coefficient (Wildman–Crippen LogP) is 9.91. The molecular formula is C47H54BN3O. The first-order chi connectivity index (χ1) is 24.3. The van der Waals surface area contributed by atoms with Crippen LogP contribution in [0.25, 0.3) is 11.0 Å². The van der Waals surface area contributed by atoms with Gasteiger partial charge in [-0.1, -0.05) is 92.6 Å². The molecule has 0 N–H and O–H groups in total. The molecule has 2 fully saturated rings. The van der Waals surface area contributed by atoms with Crippen LogP contribution in [0.1, 0.15) is 154 Å². The highest BCUT2D eigenvalue weighted by Gasteiger charge is 2.59. The minimum atomic E-state index is -0.440. The van der Waals surface area contributed by atoms with Crippen LogP contribution in [0.15, 0.2) is 59.3 Å². The Morgan fingerprint density at radius 3 is 1.87 bits per heavy atom. The third kappa shape index (κ3) is 4.34. The van der Waals surface area contributed by atoms with E-state index in [4.69, 9.17) is 14.4 Å². The highest BCUT2D eigenvalue weighted by Crippen LogP contribution is 2.66. The number of fused-ring (bicyclic) bond motifs is 9. The van der Waals surface area contributed by atoms with Gasteiger partial charge in [0.1, 0.15) is 23.5 Å². The second-order valence-corrected chi connectivity index (χ2v) is 20.9. The lowest BCUT2D eigenvalue weighted by molar-refractivity contribution is 0.443. The predicted molar refractivity (Wildman–Crippen MR) is 217 cm³/mol. The van der Waals surface area contributed by atoms with Gasteiger partial charge in [0.2, 0.25) is 0 Å². The fraction of sp³-hybridized carbons (Fsp3) is 0.489. The normalized spacial score (nSPS) is 20.1. The van der Waals surface area contributed by atoms with Crippen molar-refractivity contribution in [2.45, 2.75) is 147 Å². The van der Waals surface area contributed by atoms with Gasteiger partial charge in [-0.05, 0) is 136 Å². The van der Waals surface area contributed by atoms with Crippen LogP contribution in [0.3, 0.4) is 0 Å². The van der Waals surface area contributed by atoms with Gasteiger partial charge < -0.3 is 4.42 Å². The number of rotatable bonds is 1. The van der Waals surface area contributed by atoms with Gasteiger partial charge in [0.25, 0.3) is 6.71 Å². The van der Waals surface area contributed by atoms with Gasteiger partial charge in [-0.2, -0.15) is 0 Å². The molecule has 2 aliphatic heterocycles. The third-order valence-corrected chi connectivity index (χ3v) is 13.9. The number of anilines is 3. The van der Waals surface area contributed by atoms with Crippen molar-refractivity contribution in [2.75, 3.05) is 4.90 Å². The number of hydrogen-bond donors (Lipinski definition) is 0. The van der Waals surface area contributed by atoms with Crippen LogP contribution >= 0.6 is 0 Å². The summed E-state index contributed by atoms with van der Waals surface area (Å²) in [6.45, 7) is 25.5. The van der Waals surface area contributed by atoms with Gasteiger partial charge in [0.15, 0.2) is 0 Å². The molecule has 0 saturated heterocycles. The molecule has 4 nitrogen and oxygen atoms in total. The first kappa shape index (κ1) is 32.8. The molecule has 4 heterocycles. The maximum absolute atomic E-state index is 7.18. The van der Waals surface area contributed by atoms with E-state index < -0.39 is 5.41 Å². The summed E-state index contributed by atoms with van der Waals surface area (Å²) in [5.74, 6) is 2.08. The minimum Gasteiger partial charge on any atom is -0.460 e. The monoisotopic (exact) mass is 687 g/mol. The molecule has 52 heavy (non-hydrogen) atoms. The average molecular weight is 688 g/mol. The topological polar surface area (TPSA) is 42.2 Å². The molecule has 2 saturated carbocycles. The van der Waals surface area contributed by atoms with E-state index in [-0.39, 0.29) is 23.0 Å². The van der Waals surface area contributed by atoms with E-state index in [2.05, 4.69) is 130 Å².